The number of carbonyl (C=O) groups is 1. The third-order valence-electron chi connectivity index (χ3n) is 4.51. The molecule has 3 aromatic rings. The maximum absolute atomic E-state index is 12.4. The zero-order valence-electron chi connectivity index (χ0n) is 16.7. The van der Waals surface area contributed by atoms with Crippen LogP contribution in [0.5, 0.6) is 0 Å². The van der Waals surface area contributed by atoms with Gasteiger partial charge in [-0.25, -0.2) is 17.8 Å². The average Bonchev–Trinajstić information content (AvgIpc) is 3.40. The van der Waals surface area contributed by atoms with E-state index in [9.17, 15) is 17.6 Å². The quantitative estimate of drug-likeness (QED) is 0.579. The number of nitrogens with two attached hydrogens (primary N) is 1. The first-order chi connectivity index (χ1) is 14.9. The Morgan fingerprint density at radius 1 is 1.23 bits per heavy atom. The zero-order valence-corrected chi connectivity index (χ0v) is 18.3. The number of hydrogen-bond acceptors (Lipinski definition) is 6. The second-order valence-electron chi connectivity index (χ2n) is 6.75. The van der Waals surface area contributed by atoms with E-state index < -0.39 is 10.0 Å². The molecule has 1 aliphatic heterocycles. The van der Waals surface area contributed by atoms with Gasteiger partial charge in [-0.3, -0.25) is 9.52 Å². The van der Waals surface area contributed by atoms with Crippen LogP contribution in [0.2, 0.25) is 0 Å². The summed E-state index contributed by atoms with van der Waals surface area (Å²) in [6.07, 6.45) is 3.67. The van der Waals surface area contributed by atoms with Gasteiger partial charge in [0.2, 0.25) is 5.91 Å². The monoisotopic (exact) mass is 464 g/mol. The molecule has 0 radical (unpaired) electrons. The number of hydrogen-bond donors (Lipinski definition) is 2. The van der Waals surface area contributed by atoms with Crippen molar-refractivity contribution < 1.29 is 19.0 Å². The highest BCUT2D eigenvalue weighted by molar-refractivity contribution is 7.93. The summed E-state index contributed by atoms with van der Waals surface area (Å²) in [7, 11) is -3.64. The van der Waals surface area contributed by atoms with E-state index in [4.69, 9.17) is 5.73 Å². The largest absolute Gasteiger partial charge is 0.330 e. The van der Waals surface area contributed by atoms with Crippen LogP contribution >= 0.6 is 11.3 Å². The van der Waals surface area contributed by atoms with Crippen LogP contribution in [-0.4, -0.2) is 32.4 Å². The van der Waals surface area contributed by atoms with Crippen LogP contribution in [0.25, 0.3) is 0 Å². The van der Waals surface area contributed by atoms with Gasteiger partial charge in [-0.15, -0.1) is 11.3 Å². The van der Waals surface area contributed by atoms with Crippen molar-refractivity contribution >= 4 is 38.1 Å². The van der Waals surface area contributed by atoms with Crippen molar-refractivity contribution in [2.24, 2.45) is 5.73 Å². The summed E-state index contributed by atoms with van der Waals surface area (Å²) in [4.78, 5) is 17.4. The summed E-state index contributed by atoms with van der Waals surface area (Å²) in [6.45, 7) is 1.26. The molecule has 10 heteroatoms. The van der Waals surface area contributed by atoms with Crippen LogP contribution in [0.3, 0.4) is 0 Å². The Balaban J connectivity index is 0.000000280. The first-order valence-electron chi connectivity index (χ1n) is 9.66. The number of halogens is 1. The van der Waals surface area contributed by atoms with Crippen LogP contribution in [0, 0.1) is 5.82 Å². The summed E-state index contributed by atoms with van der Waals surface area (Å²) in [6, 6.07) is 12.8. The van der Waals surface area contributed by atoms with Crippen molar-refractivity contribution in [1.82, 2.24) is 4.98 Å². The van der Waals surface area contributed by atoms with Gasteiger partial charge in [0.15, 0.2) is 5.13 Å². The highest BCUT2D eigenvalue weighted by atomic mass is 32.2. The molecular formula is C21H25FN4O3S2. The molecule has 1 amide bonds. The molecule has 0 atom stereocenters. The molecule has 0 aliphatic carbocycles. The lowest BCUT2D eigenvalue weighted by atomic mass is 10.1. The van der Waals surface area contributed by atoms with Gasteiger partial charge >= 0.3 is 0 Å². The number of aromatic nitrogens is 1. The zero-order chi connectivity index (χ0) is 22.3. The van der Waals surface area contributed by atoms with Gasteiger partial charge in [-0.2, -0.15) is 0 Å². The van der Waals surface area contributed by atoms with Crippen LogP contribution < -0.4 is 15.4 Å². The van der Waals surface area contributed by atoms with Crippen molar-refractivity contribution in [3.8, 4) is 0 Å². The molecule has 4 rings (SSSR count). The van der Waals surface area contributed by atoms with Crippen LogP contribution in [0.4, 0.5) is 15.2 Å². The van der Waals surface area contributed by atoms with Gasteiger partial charge in [-0.05, 0) is 61.3 Å². The number of sulfonamides is 1. The summed E-state index contributed by atoms with van der Waals surface area (Å²) >= 11 is 1.21. The van der Waals surface area contributed by atoms with E-state index in [1.165, 1.54) is 41.8 Å². The predicted molar refractivity (Wildman–Crippen MR) is 122 cm³/mol. The first kappa shape index (κ1) is 22.9. The lowest BCUT2D eigenvalue weighted by Crippen LogP contribution is -2.23. The predicted octanol–water partition coefficient (Wildman–Crippen LogP) is 3.64. The van der Waals surface area contributed by atoms with Gasteiger partial charge in [0, 0.05) is 31.7 Å². The van der Waals surface area contributed by atoms with Gasteiger partial charge < -0.3 is 10.6 Å². The fourth-order valence-corrected chi connectivity index (χ4v) is 4.82. The van der Waals surface area contributed by atoms with Gasteiger partial charge in [0.05, 0.1) is 4.90 Å². The van der Waals surface area contributed by atoms with Gasteiger partial charge in [-0.1, -0.05) is 12.1 Å². The average molecular weight is 465 g/mol. The fraction of sp³-hybridized carbons (Fsp3) is 0.238. The topological polar surface area (TPSA) is 105 Å². The Morgan fingerprint density at radius 3 is 2.58 bits per heavy atom. The third-order valence-corrected chi connectivity index (χ3v) is 6.68. The SMILES string of the molecule is NCCc1cccc(F)c1.O=C1CCCN1c1ccc(S(=O)(=O)Nc2nccs2)cc1.[HH]. The summed E-state index contributed by atoms with van der Waals surface area (Å²) in [5.41, 5.74) is 6.98. The molecule has 166 valence electrons. The number of amides is 1. The molecule has 1 aliphatic rings. The second-order valence-corrected chi connectivity index (χ2v) is 9.33. The molecule has 7 nitrogen and oxygen atoms in total. The minimum atomic E-state index is -3.64. The maximum Gasteiger partial charge on any atom is 0.263 e. The van der Waals surface area contributed by atoms with E-state index in [2.05, 4.69) is 9.71 Å². The van der Waals surface area contributed by atoms with Gasteiger partial charge in [0.1, 0.15) is 5.82 Å². The molecule has 0 saturated carbocycles. The number of nitrogens with zero attached hydrogens (tertiary/aromatic N) is 2. The molecular weight excluding hydrogens is 439 g/mol. The first-order valence-corrected chi connectivity index (χ1v) is 12.0. The minimum Gasteiger partial charge on any atom is -0.330 e. The highest BCUT2D eigenvalue weighted by Gasteiger charge is 2.22. The van der Waals surface area contributed by atoms with Crippen molar-refractivity contribution in [2.75, 3.05) is 22.7 Å². The van der Waals surface area contributed by atoms with E-state index in [0.717, 1.165) is 24.1 Å². The normalized spacial score (nSPS) is 13.6. The molecule has 1 fully saturated rings. The molecule has 0 spiro atoms. The Morgan fingerprint density at radius 2 is 2.00 bits per heavy atom. The lowest BCUT2D eigenvalue weighted by molar-refractivity contribution is -0.117. The molecule has 2 aromatic carbocycles. The van der Waals surface area contributed by atoms with Crippen molar-refractivity contribution in [2.45, 2.75) is 24.2 Å². The Labute approximate surface area is 186 Å². The smallest absolute Gasteiger partial charge is 0.263 e. The number of carbonyl (C=O) groups excluding carboxylic acids is 1. The van der Waals surface area contributed by atoms with E-state index >= 15 is 0 Å². The Bertz CT molecular complexity index is 1110. The van der Waals surface area contributed by atoms with Crippen LogP contribution in [0.1, 0.15) is 19.8 Å². The summed E-state index contributed by atoms with van der Waals surface area (Å²) in [5.74, 6) is -0.113. The third kappa shape index (κ3) is 6.33. The van der Waals surface area contributed by atoms with Crippen LogP contribution in [0.15, 0.2) is 65.0 Å². The number of benzene rings is 2. The standard InChI is InChI=1S/C13H13N3O3S2.C8H10FN.H2/c17-12-2-1-8-16(12)10-3-5-11(6-4-10)21(18,19)15-13-14-7-9-20-13;9-8-3-1-2-7(6-8)4-5-10;/h3-7,9H,1-2,8H2,(H,14,15);1-3,6H,4-5,10H2;1H. The van der Waals surface area contributed by atoms with E-state index in [1.807, 2.05) is 6.07 Å². The molecule has 1 aromatic heterocycles. The minimum absolute atomic E-state index is 0. The molecule has 3 N–H and O–H groups in total. The number of thiazole rings is 1. The summed E-state index contributed by atoms with van der Waals surface area (Å²) in [5, 5.41) is 2.02. The maximum atomic E-state index is 12.4. The van der Waals surface area contributed by atoms with Crippen molar-refractivity contribution in [1.29, 1.82) is 0 Å². The highest BCUT2D eigenvalue weighted by Crippen LogP contribution is 2.24. The number of rotatable bonds is 6. The fourth-order valence-electron chi connectivity index (χ4n) is 3.03. The Kier molecular flexibility index (Phi) is 7.72. The van der Waals surface area contributed by atoms with Crippen molar-refractivity contribution in [3.05, 3.63) is 71.5 Å². The molecule has 0 bridgehead atoms. The molecule has 2 heterocycles. The van der Waals surface area contributed by atoms with E-state index in [-0.39, 0.29) is 18.0 Å². The molecule has 31 heavy (non-hydrogen) atoms. The van der Waals surface area contributed by atoms with Crippen LogP contribution in [-0.2, 0) is 21.2 Å². The van der Waals surface area contributed by atoms with Crippen molar-refractivity contribution in [3.63, 3.8) is 0 Å². The number of nitrogens with one attached hydrogen (secondary N) is 1. The van der Waals surface area contributed by atoms with Gasteiger partial charge in [0.25, 0.3) is 10.0 Å². The summed E-state index contributed by atoms with van der Waals surface area (Å²) < 4.78 is 39.2. The Hall–Kier alpha value is -2.82. The number of anilines is 2. The van der Waals surface area contributed by atoms with E-state index in [0.29, 0.717) is 24.6 Å². The molecule has 0 unspecified atom stereocenters. The second kappa shape index (κ2) is 10.5. The molecule has 1 saturated heterocycles. The lowest BCUT2D eigenvalue weighted by Gasteiger charge is -2.16. The van der Waals surface area contributed by atoms with E-state index in [1.54, 1.807) is 28.5 Å².